The highest BCUT2D eigenvalue weighted by Crippen LogP contribution is 2.39. The molecule has 4 rings (SSSR count). The van der Waals surface area contributed by atoms with Crippen molar-refractivity contribution >= 4 is 17.7 Å². The molecule has 2 atom stereocenters. The van der Waals surface area contributed by atoms with Crippen LogP contribution in [0, 0.1) is 5.41 Å². The lowest BCUT2D eigenvalue weighted by atomic mass is 9.91. The van der Waals surface area contributed by atoms with E-state index >= 15 is 0 Å². The molecule has 2 unspecified atom stereocenters. The van der Waals surface area contributed by atoms with Gasteiger partial charge in [0.25, 0.3) is 5.91 Å². The molecule has 198 valence electrons. The molecule has 0 aliphatic carbocycles. The summed E-state index contributed by atoms with van der Waals surface area (Å²) in [6.45, 7) is 8.64. The highest BCUT2D eigenvalue weighted by molar-refractivity contribution is 5.98. The number of rotatable bonds is 5. The molecule has 2 fully saturated rings. The first-order valence-corrected chi connectivity index (χ1v) is 12.8. The molecule has 8 nitrogen and oxygen atoms in total. The van der Waals surface area contributed by atoms with Gasteiger partial charge in [-0.1, -0.05) is 51.1 Å². The topological polar surface area (TPSA) is 88.2 Å². The van der Waals surface area contributed by atoms with Crippen molar-refractivity contribution < 1.29 is 23.9 Å². The molecule has 8 heteroatoms. The molecule has 0 aromatic heterocycles. The van der Waals surface area contributed by atoms with Crippen LogP contribution < -0.4 is 10.1 Å². The van der Waals surface area contributed by atoms with Crippen LogP contribution in [-0.2, 0) is 14.3 Å². The largest absolute Gasteiger partial charge is 0.497 e. The van der Waals surface area contributed by atoms with E-state index in [4.69, 9.17) is 9.47 Å². The molecular formula is C29H37N3O5. The number of carbonyl (C=O) groups is 3. The number of methoxy groups -OCH3 is 1. The van der Waals surface area contributed by atoms with Crippen molar-refractivity contribution in [2.24, 2.45) is 5.41 Å². The number of nitrogens with one attached hydrogen (secondary N) is 1. The van der Waals surface area contributed by atoms with Gasteiger partial charge in [-0.05, 0) is 36.8 Å². The standard InChI is InChI=1S/C29H37N3O5/c1-20(21-9-7-6-8-10-21)30-25(33)24-19-37-29(15-17-31(18-16-29)27(35)28(2,3)4)32(24)26(34)22-11-13-23(36-5)14-12-22/h6-14,20,24H,15-19H2,1-5H3,(H,30,33). The molecule has 1 spiro atoms. The van der Waals surface area contributed by atoms with E-state index in [9.17, 15) is 14.4 Å². The Morgan fingerprint density at radius 1 is 1.03 bits per heavy atom. The molecule has 2 aromatic rings. The Balaban J connectivity index is 1.59. The number of benzene rings is 2. The van der Waals surface area contributed by atoms with Crippen LogP contribution in [0.1, 0.15) is 62.5 Å². The number of amides is 3. The fraction of sp³-hybridized carbons (Fsp3) is 0.483. The zero-order chi connectivity index (χ0) is 26.8. The van der Waals surface area contributed by atoms with Gasteiger partial charge in [-0.3, -0.25) is 19.3 Å². The van der Waals surface area contributed by atoms with Crippen LogP contribution in [0.4, 0.5) is 0 Å². The Hall–Kier alpha value is -3.39. The number of hydrogen-bond acceptors (Lipinski definition) is 5. The van der Waals surface area contributed by atoms with Gasteiger partial charge in [0.15, 0.2) is 0 Å². The van der Waals surface area contributed by atoms with Gasteiger partial charge >= 0.3 is 0 Å². The summed E-state index contributed by atoms with van der Waals surface area (Å²) in [5.41, 5.74) is -0.0152. The number of nitrogens with zero attached hydrogens (tertiary/aromatic N) is 2. The summed E-state index contributed by atoms with van der Waals surface area (Å²) in [6, 6.07) is 15.6. The molecule has 2 aromatic carbocycles. The van der Waals surface area contributed by atoms with Crippen LogP contribution >= 0.6 is 0 Å². The fourth-order valence-corrected chi connectivity index (χ4v) is 5.11. The molecule has 2 heterocycles. The summed E-state index contributed by atoms with van der Waals surface area (Å²) in [7, 11) is 1.57. The van der Waals surface area contributed by atoms with E-state index in [-0.39, 0.29) is 30.4 Å². The molecule has 2 saturated heterocycles. The number of likely N-dealkylation sites (tertiary alicyclic amines) is 1. The maximum atomic E-state index is 13.9. The van der Waals surface area contributed by atoms with Gasteiger partial charge in [-0.25, -0.2) is 0 Å². The maximum absolute atomic E-state index is 13.9. The van der Waals surface area contributed by atoms with Gasteiger partial charge < -0.3 is 19.7 Å². The Morgan fingerprint density at radius 2 is 1.65 bits per heavy atom. The Morgan fingerprint density at radius 3 is 2.22 bits per heavy atom. The third kappa shape index (κ3) is 5.49. The van der Waals surface area contributed by atoms with Crippen molar-refractivity contribution in [2.75, 3.05) is 26.8 Å². The summed E-state index contributed by atoms with van der Waals surface area (Å²) >= 11 is 0. The van der Waals surface area contributed by atoms with Gasteiger partial charge in [0.05, 0.1) is 19.8 Å². The molecule has 0 radical (unpaired) electrons. The molecule has 3 amide bonds. The van der Waals surface area contributed by atoms with Crippen molar-refractivity contribution in [2.45, 2.75) is 58.3 Å². The van der Waals surface area contributed by atoms with E-state index in [0.717, 1.165) is 5.56 Å². The zero-order valence-corrected chi connectivity index (χ0v) is 22.3. The first-order chi connectivity index (χ1) is 17.6. The second kappa shape index (κ2) is 10.5. The molecular weight excluding hydrogens is 470 g/mol. The predicted octanol–water partition coefficient (Wildman–Crippen LogP) is 3.78. The summed E-state index contributed by atoms with van der Waals surface area (Å²) < 4.78 is 11.5. The molecule has 2 aliphatic rings. The minimum absolute atomic E-state index is 0.0688. The molecule has 37 heavy (non-hydrogen) atoms. The average molecular weight is 508 g/mol. The lowest BCUT2D eigenvalue weighted by Crippen LogP contribution is -2.60. The zero-order valence-electron chi connectivity index (χ0n) is 22.3. The van der Waals surface area contributed by atoms with Crippen LogP contribution in [0.2, 0.25) is 0 Å². The van der Waals surface area contributed by atoms with E-state index in [1.165, 1.54) is 0 Å². The van der Waals surface area contributed by atoms with Crippen LogP contribution in [0.15, 0.2) is 54.6 Å². The van der Waals surface area contributed by atoms with Gasteiger partial charge in [-0.2, -0.15) is 0 Å². The number of ether oxygens (including phenoxy) is 2. The third-order valence-electron chi connectivity index (χ3n) is 7.25. The van der Waals surface area contributed by atoms with Crippen molar-refractivity contribution in [3.8, 4) is 5.75 Å². The van der Waals surface area contributed by atoms with Crippen molar-refractivity contribution in [3.63, 3.8) is 0 Å². The van der Waals surface area contributed by atoms with E-state index < -0.39 is 17.2 Å². The van der Waals surface area contributed by atoms with E-state index in [1.54, 1.807) is 36.3 Å². The van der Waals surface area contributed by atoms with Crippen molar-refractivity contribution in [3.05, 3.63) is 65.7 Å². The van der Waals surface area contributed by atoms with Gasteiger partial charge in [0, 0.05) is 36.9 Å². The van der Waals surface area contributed by atoms with Gasteiger partial charge in [-0.15, -0.1) is 0 Å². The number of piperidine rings is 1. The first kappa shape index (κ1) is 26.7. The Kier molecular flexibility index (Phi) is 7.59. The maximum Gasteiger partial charge on any atom is 0.256 e. The monoisotopic (exact) mass is 507 g/mol. The predicted molar refractivity (Wildman–Crippen MR) is 140 cm³/mol. The number of hydrogen-bond donors (Lipinski definition) is 1. The highest BCUT2D eigenvalue weighted by Gasteiger charge is 2.54. The summed E-state index contributed by atoms with van der Waals surface area (Å²) in [5, 5.41) is 3.06. The van der Waals surface area contributed by atoms with Crippen LogP contribution in [-0.4, -0.2) is 66.1 Å². The summed E-state index contributed by atoms with van der Waals surface area (Å²) in [4.78, 5) is 43.8. The lowest BCUT2D eigenvalue weighted by Gasteiger charge is -2.45. The quantitative estimate of drug-likeness (QED) is 0.666. The molecule has 2 aliphatic heterocycles. The molecule has 0 bridgehead atoms. The fourth-order valence-electron chi connectivity index (χ4n) is 5.11. The minimum Gasteiger partial charge on any atom is -0.497 e. The first-order valence-electron chi connectivity index (χ1n) is 12.8. The van der Waals surface area contributed by atoms with E-state index in [0.29, 0.717) is 37.2 Å². The lowest BCUT2D eigenvalue weighted by molar-refractivity contribution is -0.150. The highest BCUT2D eigenvalue weighted by atomic mass is 16.5. The summed E-state index contributed by atoms with van der Waals surface area (Å²) in [6.07, 6.45) is 0.878. The van der Waals surface area contributed by atoms with Crippen LogP contribution in [0.3, 0.4) is 0 Å². The Labute approximate surface area is 218 Å². The minimum atomic E-state index is -0.955. The number of carbonyl (C=O) groups excluding carboxylic acids is 3. The smallest absolute Gasteiger partial charge is 0.256 e. The van der Waals surface area contributed by atoms with Gasteiger partial charge in [0.1, 0.15) is 17.5 Å². The second-order valence-electron chi connectivity index (χ2n) is 10.9. The molecule has 1 N–H and O–H groups in total. The molecule has 0 saturated carbocycles. The third-order valence-corrected chi connectivity index (χ3v) is 7.25. The van der Waals surface area contributed by atoms with Crippen molar-refractivity contribution in [1.29, 1.82) is 0 Å². The van der Waals surface area contributed by atoms with Crippen LogP contribution in [0.25, 0.3) is 0 Å². The Bertz CT molecular complexity index is 1120. The SMILES string of the molecule is COc1ccc(C(=O)N2C(C(=O)NC(C)c3ccccc3)COC23CCN(C(=O)C(C)(C)C)CC3)cc1. The van der Waals surface area contributed by atoms with Crippen molar-refractivity contribution in [1.82, 2.24) is 15.1 Å². The van der Waals surface area contributed by atoms with Crippen LogP contribution in [0.5, 0.6) is 5.75 Å². The van der Waals surface area contributed by atoms with E-state index in [1.807, 2.05) is 62.9 Å². The normalized spacial score (nSPS) is 20.0. The summed E-state index contributed by atoms with van der Waals surface area (Å²) in [5.74, 6) is 0.176. The van der Waals surface area contributed by atoms with E-state index in [2.05, 4.69) is 5.32 Å². The second-order valence-corrected chi connectivity index (χ2v) is 10.9. The van der Waals surface area contributed by atoms with Gasteiger partial charge in [0.2, 0.25) is 11.8 Å². The average Bonchev–Trinajstić information content (AvgIpc) is 3.26.